The molecule has 1 saturated heterocycles. The minimum atomic E-state index is 0.452. The highest BCUT2D eigenvalue weighted by Crippen LogP contribution is 2.29. The van der Waals surface area contributed by atoms with Gasteiger partial charge in [-0.3, -0.25) is 0 Å². The van der Waals surface area contributed by atoms with E-state index in [-0.39, 0.29) is 0 Å². The van der Waals surface area contributed by atoms with E-state index >= 15 is 0 Å². The van der Waals surface area contributed by atoms with Crippen molar-refractivity contribution in [2.24, 2.45) is 0 Å². The molecule has 1 fully saturated rings. The molecular weight excluding hydrogens is 296 g/mol. The molecule has 4 heteroatoms. The Balaban J connectivity index is 1.72. The Morgan fingerprint density at radius 1 is 1.44 bits per heavy atom. The van der Waals surface area contributed by atoms with Crippen molar-refractivity contribution in [1.29, 1.82) is 0 Å². The van der Waals surface area contributed by atoms with Crippen LogP contribution >= 0.6 is 15.9 Å². The first kappa shape index (κ1) is 13.7. The summed E-state index contributed by atoms with van der Waals surface area (Å²) in [7, 11) is 1.66. The molecule has 1 aromatic rings. The van der Waals surface area contributed by atoms with Gasteiger partial charge in [0, 0.05) is 6.61 Å². The summed E-state index contributed by atoms with van der Waals surface area (Å²) in [5.74, 6) is 1.69. The fourth-order valence-electron chi connectivity index (χ4n) is 2.09. The second kappa shape index (κ2) is 7.00. The molecule has 0 aromatic heterocycles. The summed E-state index contributed by atoms with van der Waals surface area (Å²) < 4.78 is 17.4. The lowest BCUT2D eigenvalue weighted by atomic mass is 10.1. The molecule has 3 nitrogen and oxygen atoms in total. The van der Waals surface area contributed by atoms with Crippen LogP contribution in [0.3, 0.4) is 0 Å². The number of hydrogen-bond donors (Lipinski definition) is 0. The van der Waals surface area contributed by atoms with Crippen molar-refractivity contribution in [1.82, 2.24) is 0 Å². The SMILES string of the molecule is COc1ccc(OCCCC2CCCO2)c(Br)c1. The first-order chi connectivity index (χ1) is 8.79. The third kappa shape index (κ3) is 3.89. The Morgan fingerprint density at radius 3 is 3.00 bits per heavy atom. The van der Waals surface area contributed by atoms with E-state index in [2.05, 4.69) is 15.9 Å². The van der Waals surface area contributed by atoms with Crippen LogP contribution in [0.25, 0.3) is 0 Å². The molecule has 18 heavy (non-hydrogen) atoms. The van der Waals surface area contributed by atoms with Gasteiger partial charge in [0.05, 0.1) is 24.3 Å². The van der Waals surface area contributed by atoms with Crippen molar-refractivity contribution in [3.8, 4) is 11.5 Å². The summed E-state index contributed by atoms with van der Waals surface area (Å²) in [6.07, 6.45) is 4.98. The van der Waals surface area contributed by atoms with Crippen LogP contribution in [0.5, 0.6) is 11.5 Å². The van der Waals surface area contributed by atoms with Gasteiger partial charge in [-0.2, -0.15) is 0 Å². The van der Waals surface area contributed by atoms with Crippen LogP contribution in [0.15, 0.2) is 22.7 Å². The molecule has 100 valence electrons. The molecule has 0 N–H and O–H groups in total. The van der Waals surface area contributed by atoms with E-state index in [4.69, 9.17) is 14.2 Å². The maximum Gasteiger partial charge on any atom is 0.133 e. The molecule has 1 aliphatic rings. The normalized spacial score (nSPS) is 18.9. The van der Waals surface area contributed by atoms with Crippen molar-refractivity contribution in [3.63, 3.8) is 0 Å². The average molecular weight is 315 g/mol. The zero-order valence-corrected chi connectivity index (χ0v) is 12.2. The Labute approximate surface area is 117 Å². The molecule has 1 heterocycles. The van der Waals surface area contributed by atoms with Crippen LogP contribution in [0.4, 0.5) is 0 Å². The van der Waals surface area contributed by atoms with Gasteiger partial charge in [-0.05, 0) is 59.8 Å². The summed E-state index contributed by atoms with van der Waals surface area (Å²) in [6.45, 7) is 1.65. The van der Waals surface area contributed by atoms with Crippen molar-refractivity contribution in [3.05, 3.63) is 22.7 Å². The maximum atomic E-state index is 5.74. The predicted octanol–water partition coefficient (Wildman–Crippen LogP) is 3.80. The van der Waals surface area contributed by atoms with Gasteiger partial charge < -0.3 is 14.2 Å². The summed E-state index contributed by atoms with van der Waals surface area (Å²) in [5, 5.41) is 0. The van der Waals surface area contributed by atoms with Crippen molar-refractivity contribution >= 4 is 15.9 Å². The van der Waals surface area contributed by atoms with Gasteiger partial charge in [-0.15, -0.1) is 0 Å². The van der Waals surface area contributed by atoms with E-state index in [1.54, 1.807) is 7.11 Å². The summed E-state index contributed by atoms with van der Waals surface area (Å²) in [5.41, 5.74) is 0. The van der Waals surface area contributed by atoms with Crippen LogP contribution in [0.2, 0.25) is 0 Å². The minimum absolute atomic E-state index is 0.452. The molecule has 0 aliphatic carbocycles. The lowest BCUT2D eigenvalue weighted by Gasteiger charge is -2.11. The summed E-state index contributed by atoms with van der Waals surface area (Å²) in [4.78, 5) is 0. The molecule has 1 unspecified atom stereocenters. The number of ether oxygens (including phenoxy) is 3. The molecule has 2 rings (SSSR count). The quantitative estimate of drug-likeness (QED) is 0.748. The second-order valence-corrected chi connectivity index (χ2v) is 5.28. The highest BCUT2D eigenvalue weighted by atomic mass is 79.9. The van der Waals surface area contributed by atoms with Gasteiger partial charge in [-0.25, -0.2) is 0 Å². The van der Waals surface area contributed by atoms with Crippen LogP contribution in [0, 0.1) is 0 Å². The number of hydrogen-bond acceptors (Lipinski definition) is 3. The van der Waals surface area contributed by atoms with Crippen LogP contribution in [-0.2, 0) is 4.74 Å². The lowest BCUT2D eigenvalue weighted by Crippen LogP contribution is -2.07. The topological polar surface area (TPSA) is 27.7 Å². The average Bonchev–Trinajstić information content (AvgIpc) is 2.89. The zero-order valence-electron chi connectivity index (χ0n) is 10.7. The molecule has 1 aromatic carbocycles. The Hall–Kier alpha value is -0.740. The van der Waals surface area contributed by atoms with E-state index in [0.29, 0.717) is 6.10 Å². The molecule has 0 spiro atoms. The van der Waals surface area contributed by atoms with E-state index in [1.165, 1.54) is 12.8 Å². The molecule has 0 bridgehead atoms. The second-order valence-electron chi connectivity index (χ2n) is 4.42. The first-order valence-corrected chi connectivity index (χ1v) is 7.17. The Bertz CT molecular complexity index is 375. The molecule has 0 amide bonds. The van der Waals surface area contributed by atoms with E-state index in [9.17, 15) is 0 Å². The van der Waals surface area contributed by atoms with Gasteiger partial charge in [0.2, 0.25) is 0 Å². The Kier molecular flexibility index (Phi) is 5.32. The van der Waals surface area contributed by atoms with Crippen LogP contribution < -0.4 is 9.47 Å². The highest BCUT2D eigenvalue weighted by Gasteiger charge is 2.14. The standard InChI is InChI=1S/C14H19BrO3/c1-16-12-6-7-14(13(15)10-12)18-9-3-5-11-4-2-8-17-11/h6-7,10-11H,2-5,8-9H2,1H3. The highest BCUT2D eigenvalue weighted by molar-refractivity contribution is 9.10. The first-order valence-electron chi connectivity index (χ1n) is 6.37. The number of benzene rings is 1. The van der Waals surface area contributed by atoms with Gasteiger partial charge in [-0.1, -0.05) is 0 Å². The molecule has 1 aliphatic heterocycles. The summed E-state index contributed by atoms with van der Waals surface area (Å²) >= 11 is 3.48. The lowest BCUT2D eigenvalue weighted by molar-refractivity contribution is 0.0981. The number of rotatable bonds is 6. The molecular formula is C14H19BrO3. The van der Waals surface area contributed by atoms with Crippen LogP contribution in [-0.4, -0.2) is 26.4 Å². The maximum absolute atomic E-state index is 5.74. The molecule has 0 radical (unpaired) electrons. The smallest absolute Gasteiger partial charge is 0.133 e. The fraction of sp³-hybridized carbons (Fsp3) is 0.571. The van der Waals surface area contributed by atoms with E-state index in [1.807, 2.05) is 18.2 Å². The minimum Gasteiger partial charge on any atom is -0.497 e. The van der Waals surface area contributed by atoms with Gasteiger partial charge in [0.1, 0.15) is 11.5 Å². The monoisotopic (exact) mass is 314 g/mol. The van der Waals surface area contributed by atoms with E-state index < -0.39 is 0 Å². The van der Waals surface area contributed by atoms with Crippen molar-refractivity contribution in [2.75, 3.05) is 20.3 Å². The summed E-state index contributed by atoms with van der Waals surface area (Å²) in [6, 6.07) is 5.74. The fourth-order valence-corrected chi connectivity index (χ4v) is 2.56. The van der Waals surface area contributed by atoms with Gasteiger partial charge in [0.15, 0.2) is 0 Å². The van der Waals surface area contributed by atoms with E-state index in [0.717, 1.165) is 42.0 Å². The van der Waals surface area contributed by atoms with Crippen LogP contribution in [0.1, 0.15) is 25.7 Å². The number of halogens is 1. The number of methoxy groups -OCH3 is 1. The zero-order chi connectivity index (χ0) is 12.8. The molecule has 0 saturated carbocycles. The van der Waals surface area contributed by atoms with Gasteiger partial charge in [0.25, 0.3) is 0 Å². The van der Waals surface area contributed by atoms with Crippen molar-refractivity contribution in [2.45, 2.75) is 31.8 Å². The third-order valence-corrected chi connectivity index (χ3v) is 3.71. The largest absolute Gasteiger partial charge is 0.497 e. The third-order valence-electron chi connectivity index (χ3n) is 3.09. The Morgan fingerprint density at radius 2 is 2.33 bits per heavy atom. The van der Waals surface area contributed by atoms with Gasteiger partial charge >= 0.3 is 0 Å². The van der Waals surface area contributed by atoms with Crippen molar-refractivity contribution < 1.29 is 14.2 Å². The predicted molar refractivity (Wildman–Crippen MR) is 74.4 cm³/mol. The molecule has 1 atom stereocenters.